The van der Waals surface area contributed by atoms with Gasteiger partial charge in [-0.2, -0.15) is 0 Å². The van der Waals surface area contributed by atoms with Gasteiger partial charge >= 0.3 is 0 Å². The van der Waals surface area contributed by atoms with Crippen molar-refractivity contribution in [2.24, 2.45) is 0 Å². The molecular weight excluding hydrogens is 374 g/mol. The zero-order valence-electron chi connectivity index (χ0n) is 15.5. The third kappa shape index (κ3) is 3.70. The van der Waals surface area contributed by atoms with Gasteiger partial charge in [-0.3, -0.25) is 9.78 Å². The Morgan fingerprint density at radius 1 is 1.03 bits per heavy atom. The molecule has 0 radical (unpaired) electrons. The van der Waals surface area contributed by atoms with Crippen LogP contribution in [0.1, 0.15) is 5.69 Å². The van der Waals surface area contributed by atoms with Crippen molar-refractivity contribution >= 4 is 11.0 Å². The SMILES string of the molecule is COc1ccc(-c2cc(=O)c3c(O)cc(O)cc3o2)cc1OCc1ccccn1. The molecule has 0 aliphatic carbocycles. The van der Waals surface area contributed by atoms with Gasteiger partial charge in [-0.15, -0.1) is 0 Å². The lowest BCUT2D eigenvalue weighted by atomic mass is 10.1. The Morgan fingerprint density at radius 2 is 1.90 bits per heavy atom. The molecule has 0 spiro atoms. The smallest absolute Gasteiger partial charge is 0.197 e. The van der Waals surface area contributed by atoms with E-state index in [0.717, 1.165) is 11.8 Å². The Morgan fingerprint density at radius 3 is 2.66 bits per heavy atom. The summed E-state index contributed by atoms with van der Waals surface area (Å²) in [6, 6.07) is 14.3. The highest BCUT2D eigenvalue weighted by Crippen LogP contribution is 2.35. The van der Waals surface area contributed by atoms with Crippen LogP contribution in [0, 0.1) is 0 Å². The molecule has 29 heavy (non-hydrogen) atoms. The molecule has 0 aliphatic rings. The van der Waals surface area contributed by atoms with Crippen molar-refractivity contribution in [2.45, 2.75) is 6.61 Å². The summed E-state index contributed by atoms with van der Waals surface area (Å²) in [4.78, 5) is 16.7. The third-order valence-corrected chi connectivity index (χ3v) is 4.34. The molecule has 0 unspecified atom stereocenters. The second-order valence-corrected chi connectivity index (χ2v) is 6.29. The van der Waals surface area contributed by atoms with E-state index in [1.807, 2.05) is 18.2 Å². The zero-order valence-corrected chi connectivity index (χ0v) is 15.5. The molecule has 4 rings (SSSR count). The van der Waals surface area contributed by atoms with E-state index < -0.39 is 5.43 Å². The number of phenolic OH excluding ortho intramolecular Hbond substituents is 2. The van der Waals surface area contributed by atoms with Crippen LogP contribution in [0.3, 0.4) is 0 Å². The van der Waals surface area contributed by atoms with E-state index in [9.17, 15) is 15.0 Å². The number of aromatic nitrogens is 1. The largest absolute Gasteiger partial charge is 0.508 e. The maximum absolute atomic E-state index is 12.5. The first-order chi connectivity index (χ1) is 14.0. The van der Waals surface area contributed by atoms with E-state index in [0.29, 0.717) is 17.1 Å². The summed E-state index contributed by atoms with van der Waals surface area (Å²) in [5.74, 6) is 0.692. The van der Waals surface area contributed by atoms with Crippen molar-refractivity contribution in [3.63, 3.8) is 0 Å². The third-order valence-electron chi connectivity index (χ3n) is 4.34. The first kappa shape index (κ1) is 18.4. The summed E-state index contributed by atoms with van der Waals surface area (Å²) in [5, 5.41) is 19.6. The number of fused-ring (bicyclic) bond motifs is 1. The predicted molar refractivity (Wildman–Crippen MR) is 106 cm³/mol. The van der Waals surface area contributed by atoms with Gasteiger partial charge < -0.3 is 24.1 Å². The van der Waals surface area contributed by atoms with Crippen LogP contribution in [0.5, 0.6) is 23.0 Å². The predicted octanol–water partition coefficient (Wildman–Crippen LogP) is 3.85. The van der Waals surface area contributed by atoms with Crippen LogP contribution in [0.2, 0.25) is 0 Å². The number of aromatic hydroxyl groups is 2. The molecule has 2 N–H and O–H groups in total. The normalized spacial score (nSPS) is 10.8. The Labute approximate surface area is 165 Å². The van der Waals surface area contributed by atoms with Gasteiger partial charge in [0, 0.05) is 30.0 Å². The van der Waals surface area contributed by atoms with Crippen molar-refractivity contribution in [3.8, 4) is 34.3 Å². The molecule has 0 amide bonds. The molecule has 7 heteroatoms. The number of hydrogen-bond acceptors (Lipinski definition) is 7. The Bertz CT molecular complexity index is 1230. The number of pyridine rings is 1. The van der Waals surface area contributed by atoms with Crippen molar-refractivity contribution in [1.29, 1.82) is 0 Å². The second kappa shape index (κ2) is 7.55. The average Bonchev–Trinajstić information content (AvgIpc) is 2.72. The van der Waals surface area contributed by atoms with Crippen molar-refractivity contribution < 1.29 is 24.1 Å². The summed E-state index contributed by atoms with van der Waals surface area (Å²) in [6.45, 7) is 0.240. The fourth-order valence-electron chi connectivity index (χ4n) is 2.97. The minimum Gasteiger partial charge on any atom is -0.508 e. The topological polar surface area (TPSA) is 102 Å². The molecule has 0 atom stereocenters. The molecule has 0 aliphatic heterocycles. The lowest BCUT2D eigenvalue weighted by molar-refractivity contribution is 0.281. The lowest BCUT2D eigenvalue weighted by Crippen LogP contribution is -2.02. The fraction of sp³-hybridized carbons (Fsp3) is 0.0909. The number of nitrogens with zero attached hydrogens (tertiary/aromatic N) is 1. The standard InChI is InChI=1S/C22H17NO6/c1-27-18-6-5-13(8-20(18)28-12-14-4-2-3-7-23-14)19-11-17(26)22-16(25)9-15(24)10-21(22)29-19/h2-11,24-25H,12H2,1H3. The molecule has 2 aromatic carbocycles. The van der Waals surface area contributed by atoms with Gasteiger partial charge in [0.25, 0.3) is 0 Å². The molecule has 4 aromatic rings. The summed E-state index contributed by atoms with van der Waals surface area (Å²) in [5.41, 5.74) is 0.981. The minimum atomic E-state index is -0.425. The van der Waals surface area contributed by atoms with Crippen LogP contribution in [-0.2, 0) is 6.61 Å². The zero-order chi connectivity index (χ0) is 20.4. The number of hydrogen-bond donors (Lipinski definition) is 2. The molecule has 2 heterocycles. The van der Waals surface area contributed by atoms with Gasteiger partial charge in [-0.1, -0.05) is 6.07 Å². The quantitative estimate of drug-likeness (QED) is 0.533. The Hall–Kier alpha value is -4.00. The number of phenols is 2. The van der Waals surface area contributed by atoms with Crippen LogP contribution >= 0.6 is 0 Å². The van der Waals surface area contributed by atoms with E-state index in [4.69, 9.17) is 13.9 Å². The molecule has 146 valence electrons. The van der Waals surface area contributed by atoms with E-state index in [-0.39, 0.29) is 34.8 Å². The van der Waals surface area contributed by atoms with Crippen molar-refractivity contribution in [3.05, 3.63) is 76.7 Å². The van der Waals surface area contributed by atoms with Gasteiger partial charge in [-0.25, -0.2) is 0 Å². The van der Waals surface area contributed by atoms with Gasteiger partial charge in [-0.05, 0) is 30.3 Å². The second-order valence-electron chi connectivity index (χ2n) is 6.29. The molecule has 0 saturated heterocycles. The van der Waals surface area contributed by atoms with E-state index >= 15 is 0 Å². The summed E-state index contributed by atoms with van der Waals surface area (Å²) >= 11 is 0. The number of benzene rings is 2. The van der Waals surface area contributed by atoms with Crippen LogP contribution in [-0.4, -0.2) is 22.3 Å². The molecule has 0 saturated carbocycles. The van der Waals surface area contributed by atoms with Crippen molar-refractivity contribution in [2.75, 3.05) is 7.11 Å². The van der Waals surface area contributed by atoms with Gasteiger partial charge in [0.1, 0.15) is 34.8 Å². The fourth-order valence-corrected chi connectivity index (χ4v) is 2.97. The molecule has 0 fully saturated rings. The first-order valence-electron chi connectivity index (χ1n) is 8.76. The van der Waals surface area contributed by atoms with Crippen LogP contribution in [0.25, 0.3) is 22.3 Å². The number of ether oxygens (including phenoxy) is 2. The highest BCUT2D eigenvalue weighted by atomic mass is 16.5. The highest BCUT2D eigenvalue weighted by molar-refractivity contribution is 5.86. The molecular formula is C22H17NO6. The Kier molecular flexibility index (Phi) is 4.78. The number of rotatable bonds is 5. The first-order valence-corrected chi connectivity index (χ1v) is 8.76. The van der Waals surface area contributed by atoms with Crippen LogP contribution < -0.4 is 14.9 Å². The maximum Gasteiger partial charge on any atom is 0.197 e. The summed E-state index contributed by atoms with van der Waals surface area (Å²) < 4.78 is 16.9. The van der Waals surface area contributed by atoms with Gasteiger partial charge in [0.05, 0.1) is 12.8 Å². The monoisotopic (exact) mass is 391 g/mol. The van der Waals surface area contributed by atoms with E-state index in [2.05, 4.69) is 4.98 Å². The van der Waals surface area contributed by atoms with Crippen molar-refractivity contribution in [1.82, 2.24) is 4.98 Å². The molecule has 2 aromatic heterocycles. The van der Waals surface area contributed by atoms with E-state index in [1.54, 1.807) is 24.4 Å². The molecule has 7 nitrogen and oxygen atoms in total. The molecule has 0 bridgehead atoms. The average molecular weight is 391 g/mol. The Balaban J connectivity index is 1.74. The lowest BCUT2D eigenvalue weighted by Gasteiger charge is -2.12. The minimum absolute atomic E-state index is 0.00619. The highest BCUT2D eigenvalue weighted by Gasteiger charge is 2.14. The maximum atomic E-state index is 12.5. The summed E-state index contributed by atoms with van der Waals surface area (Å²) in [6.07, 6.45) is 1.68. The number of methoxy groups -OCH3 is 1. The van der Waals surface area contributed by atoms with Gasteiger partial charge in [0.2, 0.25) is 0 Å². The van der Waals surface area contributed by atoms with E-state index in [1.165, 1.54) is 19.2 Å². The van der Waals surface area contributed by atoms with Crippen LogP contribution in [0.15, 0.2) is 70.0 Å². The van der Waals surface area contributed by atoms with Crippen LogP contribution in [0.4, 0.5) is 0 Å². The van der Waals surface area contributed by atoms with Gasteiger partial charge in [0.15, 0.2) is 16.9 Å². The summed E-state index contributed by atoms with van der Waals surface area (Å²) in [7, 11) is 1.53.